The quantitative estimate of drug-likeness (QED) is 0.775. The maximum Gasteiger partial charge on any atom is 0.155 e. The fourth-order valence-electron chi connectivity index (χ4n) is 3.32. The van der Waals surface area contributed by atoms with Crippen molar-refractivity contribution in [1.82, 2.24) is 0 Å². The van der Waals surface area contributed by atoms with Crippen LogP contribution in [0, 0.1) is 5.92 Å². The Bertz CT molecular complexity index is 329. The minimum atomic E-state index is -3.03. The lowest BCUT2D eigenvalue weighted by atomic mass is 9.90. The summed E-state index contributed by atoms with van der Waals surface area (Å²) in [5.74, 6) is 0.497. The first-order valence-corrected chi connectivity index (χ1v) is 8.72. The molecule has 2 atom stereocenters. The standard InChI is InChI=1S/C13H24O3S/c14-13(11-7-3-1-2-4-8-11)12-9-5-6-10-17(12,15)16/h11-14H,1-10H2. The van der Waals surface area contributed by atoms with Crippen LogP contribution < -0.4 is 0 Å². The van der Waals surface area contributed by atoms with Gasteiger partial charge in [0.05, 0.1) is 17.1 Å². The first-order valence-electron chi connectivity index (χ1n) is 7.01. The lowest BCUT2D eigenvalue weighted by Gasteiger charge is -2.31. The molecule has 2 fully saturated rings. The summed E-state index contributed by atoms with van der Waals surface area (Å²) in [4.78, 5) is 0. The van der Waals surface area contributed by atoms with Gasteiger partial charge in [-0.05, 0) is 31.6 Å². The first-order chi connectivity index (χ1) is 8.11. The van der Waals surface area contributed by atoms with Gasteiger partial charge in [0, 0.05) is 0 Å². The first kappa shape index (κ1) is 13.3. The Morgan fingerprint density at radius 3 is 2.06 bits per heavy atom. The molecule has 1 N–H and O–H groups in total. The van der Waals surface area contributed by atoms with Crippen LogP contribution in [0.15, 0.2) is 0 Å². The molecule has 100 valence electrons. The van der Waals surface area contributed by atoms with Crippen molar-refractivity contribution in [3.05, 3.63) is 0 Å². The van der Waals surface area contributed by atoms with Crippen LogP contribution in [-0.2, 0) is 9.84 Å². The summed E-state index contributed by atoms with van der Waals surface area (Å²) >= 11 is 0. The molecule has 0 radical (unpaired) electrons. The second-order valence-electron chi connectivity index (χ2n) is 5.64. The molecule has 0 aromatic carbocycles. The van der Waals surface area contributed by atoms with Gasteiger partial charge in [0.1, 0.15) is 0 Å². The zero-order valence-electron chi connectivity index (χ0n) is 10.5. The van der Waals surface area contributed by atoms with E-state index in [2.05, 4.69) is 0 Å². The molecule has 2 rings (SSSR count). The Morgan fingerprint density at radius 2 is 1.47 bits per heavy atom. The Hall–Kier alpha value is -0.0900. The SMILES string of the molecule is O=S1(=O)CCCCC1C(O)C1CCCCCC1. The van der Waals surface area contributed by atoms with Gasteiger partial charge in [-0.3, -0.25) is 0 Å². The van der Waals surface area contributed by atoms with Crippen molar-refractivity contribution in [3.8, 4) is 0 Å². The van der Waals surface area contributed by atoms with Crippen LogP contribution in [0.25, 0.3) is 0 Å². The van der Waals surface area contributed by atoms with E-state index >= 15 is 0 Å². The summed E-state index contributed by atoms with van der Waals surface area (Å²) in [6, 6.07) is 0. The highest BCUT2D eigenvalue weighted by atomic mass is 32.2. The number of aliphatic hydroxyl groups excluding tert-OH is 1. The molecule has 17 heavy (non-hydrogen) atoms. The molecule has 0 bridgehead atoms. The van der Waals surface area contributed by atoms with Gasteiger partial charge < -0.3 is 5.11 Å². The molecule has 1 aliphatic heterocycles. The van der Waals surface area contributed by atoms with Crippen LogP contribution in [0.2, 0.25) is 0 Å². The highest BCUT2D eigenvalue weighted by Gasteiger charge is 2.38. The van der Waals surface area contributed by atoms with Crippen LogP contribution in [0.4, 0.5) is 0 Å². The molecule has 1 saturated heterocycles. The van der Waals surface area contributed by atoms with Crippen molar-refractivity contribution < 1.29 is 13.5 Å². The van der Waals surface area contributed by atoms with Crippen molar-refractivity contribution in [1.29, 1.82) is 0 Å². The van der Waals surface area contributed by atoms with E-state index in [1.54, 1.807) is 0 Å². The molecule has 4 heteroatoms. The second-order valence-corrected chi connectivity index (χ2v) is 7.98. The summed E-state index contributed by atoms with van der Waals surface area (Å²) in [5, 5.41) is 9.91. The molecular weight excluding hydrogens is 236 g/mol. The Balaban J connectivity index is 2.04. The molecular formula is C13H24O3S. The topological polar surface area (TPSA) is 54.4 Å². The monoisotopic (exact) mass is 260 g/mol. The molecule has 2 unspecified atom stereocenters. The predicted molar refractivity (Wildman–Crippen MR) is 68.6 cm³/mol. The van der Waals surface area contributed by atoms with E-state index in [4.69, 9.17) is 0 Å². The fourth-order valence-corrected chi connectivity index (χ4v) is 5.40. The van der Waals surface area contributed by atoms with Crippen molar-refractivity contribution in [2.24, 2.45) is 5.92 Å². The Morgan fingerprint density at radius 1 is 0.882 bits per heavy atom. The van der Waals surface area contributed by atoms with Gasteiger partial charge in [0.15, 0.2) is 9.84 Å². The molecule has 1 aliphatic carbocycles. The average molecular weight is 260 g/mol. The van der Waals surface area contributed by atoms with Crippen LogP contribution in [0.3, 0.4) is 0 Å². The van der Waals surface area contributed by atoms with Crippen molar-refractivity contribution in [2.45, 2.75) is 69.1 Å². The predicted octanol–water partition coefficient (Wildman–Crippen LogP) is 2.29. The van der Waals surface area contributed by atoms with E-state index in [1.807, 2.05) is 0 Å². The summed E-state index contributed by atoms with van der Waals surface area (Å²) in [6.45, 7) is 0. The number of rotatable bonds is 2. The molecule has 0 aromatic heterocycles. The van der Waals surface area contributed by atoms with Crippen LogP contribution in [0.5, 0.6) is 0 Å². The molecule has 0 spiro atoms. The minimum absolute atomic E-state index is 0.218. The van der Waals surface area contributed by atoms with Gasteiger partial charge in [-0.15, -0.1) is 0 Å². The van der Waals surface area contributed by atoms with Crippen molar-refractivity contribution in [2.75, 3.05) is 5.75 Å². The van der Waals surface area contributed by atoms with Crippen LogP contribution in [-0.4, -0.2) is 30.6 Å². The lowest BCUT2D eigenvalue weighted by Crippen LogP contribution is -2.42. The largest absolute Gasteiger partial charge is 0.391 e. The van der Waals surface area contributed by atoms with Gasteiger partial charge >= 0.3 is 0 Å². The zero-order chi connectivity index (χ0) is 12.3. The smallest absolute Gasteiger partial charge is 0.155 e. The fraction of sp³-hybridized carbons (Fsp3) is 1.00. The highest BCUT2D eigenvalue weighted by Crippen LogP contribution is 2.32. The molecule has 1 saturated carbocycles. The maximum atomic E-state index is 12.0. The molecule has 2 aliphatic rings. The minimum Gasteiger partial charge on any atom is -0.391 e. The van der Waals surface area contributed by atoms with E-state index in [-0.39, 0.29) is 11.7 Å². The Labute approximate surface area is 105 Å². The second kappa shape index (κ2) is 5.70. The number of aliphatic hydroxyl groups is 1. The molecule has 3 nitrogen and oxygen atoms in total. The lowest BCUT2D eigenvalue weighted by molar-refractivity contribution is 0.0891. The summed E-state index contributed by atoms with van der Waals surface area (Å²) in [5.41, 5.74) is 0. The Kier molecular flexibility index (Phi) is 4.47. The maximum absolute atomic E-state index is 12.0. The van der Waals surface area contributed by atoms with Crippen molar-refractivity contribution in [3.63, 3.8) is 0 Å². The molecule has 0 aromatic rings. The van der Waals surface area contributed by atoms with E-state index < -0.39 is 21.2 Å². The molecule has 1 heterocycles. The van der Waals surface area contributed by atoms with Gasteiger partial charge in [0.25, 0.3) is 0 Å². The van der Waals surface area contributed by atoms with Gasteiger partial charge in [-0.1, -0.05) is 32.1 Å². The highest BCUT2D eigenvalue weighted by molar-refractivity contribution is 7.92. The normalized spacial score (nSPS) is 32.9. The van der Waals surface area contributed by atoms with Crippen molar-refractivity contribution >= 4 is 9.84 Å². The van der Waals surface area contributed by atoms with Crippen LogP contribution >= 0.6 is 0 Å². The third-order valence-electron chi connectivity index (χ3n) is 4.39. The number of sulfone groups is 1. The van der Waals surface area contributed by atoms with Gasteiger partial charge in [0.2, 0.25) is 0 Å². The third-order valence-corrected chi connectivity index (χ3v) is 6.69. The number of hydrogen-bond donors (Lipinski definition) is 1. The van der Waals surface area contributed by atoms with Gasteiger partial charge in [-0.2, -0.15) is 0 Å². The van der Waals surface area contributed by atoms with E-state index in [9.17, 15) is 13.5 Å². The zero-order valence-corrected chi connectivity index (χ0v) is 11.3. The number of hydrogen-bond acceptors (Lipinski definition) is 3. The third kappa shape index (κ3) is 3.22. The average Bonchev–Trinajstić information content (AvgIpc) is 2.56. The summed E-state index contributed by atoms with van der Waals surface area (Å²) in [7, 11) is -3.03. The van der Waals surface area contributed by atoms with E-state index in [0.717, 1.165) is 38.5 Å². The molecule has 0 amide bonds. The van der Waals surface area contributed by atoms with E-state index in [0.29, 0.717) is 6.42 Å². The summed E-state index contributed by atoms with van der Waals surface area (Å²) in [6.07, 6.45) is 8.56. The van der Waals surface area contributed by atoms with Crippen LogP contribution in [0.1, 0.15) is 57.8 Å². The van der Waals surface area contributed by atoms with Gasteiger partial charge in [-0.25, -0.2) is 8.42 Å². The summed E-state index contributed by atoms with van der Waals surface area (Å²) < 4.78 is 24.0. The van der Waals surface area contributed by atoms with E-state index in [1.165, 1.54) is 12.8 Å².